The molecule has 1 unspecified atom stereocenters. The summed E-state index contributed by atoms with van der Waals surface area (Å²) < 4.78 is 0. The molecule has 0 fully saturated rings. The van der Waals surface area contributed by atoms with E-state index in [0.717, 1.165) is 0 Å². The van der Waals surface area contributed by atoms with E-state index >= 15 is 0 Å². The van der Waals surface area contributed by atoms with E-state index < -0.39 is 0 Å². The smallest absolute Gasteiger partial charge is 0.220 e. The molecule has 0 bridgehead atoms. The number of hydrogen-bond donors (Lipinski definition) is 1. The number of nitrogens with one attached hydrogen (secondary N) is 1. The minimum Gasteiger partial charge on any atom is -0.359 e. The van der Waals surface area contributed by atoms with Crippen LogP contribution in [0.3, 0.4) is 0 Å². The lowest BCUT2D eigenvalue weighted by Gasteiger charge is -2.00. The van der Waals surface area contributed by atoms with Crippen LogP contribution in [0.5, 0.6) is 0 Å². The van der Waals surface area contributed by atoms with E-state index in [4.69, 9.17) is 5.26 Å². The molecule has 1 amide bonds. The van der Waals surface area contributed by atoms with Crippen LogP contribution in [0.4, 0.5) is 0 Å². The molecule has 62 valence electrons. The Morgan fingerprint density at radius 3 is 2.91 bits per heavy atom. The van der Waals surface area contributed by atoms with Gasteiger partial charge in [-0.15, -0.1) is 11.8 Å². The lowest BCUT2D eigenvalue weighted by molar-refractivity contribution is -0.120. The highest BCUT2D eigenvalue weighted by atomic mass is 32.2. The predicted molar refractivity (Wildman–Crippen MR) is 46.2 cm³/mol. The molecular weight excluding hydrogens is 160 g/mol. The minimum atomic E-state index is -0.0142. The van der Waals surface area contributed by atoms with Crippen molar-refractivity contribution in [2.75, 3.05) is 12.8 Å². The molecule has 1 atom stereocenters. The van der Waals surface area contributed by atoms with Crippen LogP contribution in [0.25, 0.3) is 0 Å². The topological polar surface area (TPSA) is 52.9 Å². The third-order valence-corrected chi connectivity index (χ3v) is 2.20. The van der Waals surface area contributed by atoms with E-state index in [0.29, 0.717) is 12.2 Å². The molecular formula is C7H12N2OS. The van der Waals surface area contributed by atoms with Crippen LogP contribution >= 0.6 is 11.8 Å². The van der Waals surface area contributed by atoms with E-state index in [1.165, 1.54) is 11.8 Å². The Balaban J connectivity index is 3.29. The number of hydrogen-bond acceptors (Lipinski definition) is 3. The van der Waals surface area contributed by atoms with Crippen molar-refractivity contribution in [3.05, 3.63) is 0 Å². The Morgan fingerprint density at radius 1 is 1.82 bits per heavy atom. The fraction of sp³-hybridized carbons (Fsp3) is 0.714. The highest BCUT2D eigenvalue weighted by Gasteiger charge is 2.01. The van der Waals surface area contributed by atoms with E-state index in [1.807, 2.05) is 6.92 Å². The van der Waals surface area contributed by atoms with Crippen molar-refractivity contribution in [3.8, 4) is 6.07 Å². The first-order valence-corrected chi connectivity index (χ1v) is 4.47. The first-order chi connectivity index (χ1) is 5.20. The van der Waals surface area contributed by atoms with Crippen LogP contribution < -0.4 is 5.32 Å². The highest BCUT2D eigenvalue weighted by molar-refractivity contribution is 8.00. The van der Waals surface area contributed by atoms with Crippen molar-refractivity contribution in [1.82, 2.24) is 5.32 Å². The summed E-state index contributed by atoms with van der Waals surface area (Å²) in [5.74, 6) is 0.747. The molecule has 0 aromatic heterocycles. The molecule has 0 rings (SSSR count). The maximum atomic E-state index is 10.7. The van der Waals surface area contributed by atoms with Gasteiger partial charge in [-0.1, -0.05) is 0 Å². The molecule has 0 saturated carbocycles. The van der Waals surface area contributed by atoms with Crippen molar-refractivity contribution in [2.45, 2.75) is 18.6 Å². The second kappa shape index (κ2) is 6.05. The third kappa shape index (κ3) is 5.74. The first-order valence-electron chi connectivity index (χ1n) is 3.42. The molecule has 1 N–H and O–H groups in total. The van der Waals surface area contributed by atoms with Crippen LogP contribution in [0.1, 0.15) is 13.3 Å². The maximum Gasteiger partial charge on any atom is 0.220 e. The quantitative estimate of drug-likeness (QED) is 0.681. The monoisotopic (exact) mass is 172 g/mol. The summed E-state index contributed by atoms with van der Waals surface area (Å²) in [6.07, 6.45) is 0.493. The van der Waals surface area contributed by atoms with Gasteiger partial charge in [0.25, 0.3) is 0 Å². The van der Waals surface area contributed by atoms with Crippen molar-refractivity contribution >= 4 is 17.7 Å². The fourth-order valence-corrected chi connectivity index (χ4v) is 1.22. The molecule has 0 spiro atoms. The molecule has 4 heteroatoms. The number of nitriles is 1. The zero-order valence-corrected chi connectivity index (χ0v) is 7.57. The Morgan fingerprint density at radius 2 is 2.45 bits per heavy atom. The standard InChI is InChI=1S/C7H12N2OS/c1-6(5-8)11-4-3-7(10)9-2/h6H,3-4H2,1-2H3,(H,9,10). The van der Waals surface area contributed by atoms with Gasteiger partial charge in [0.2, 0.25) is 5.91 Å². The summed E-state index contributed by atoms with van der Waals surface area (Å²) in [6, 6.07) is 2.09. The summed E-state index contributed by atoms with van der Waals surface area (Å²) in [7, 11) is 1.61. The van der Waals surface area contributed by atoms with Gasteiger partial charge in [0.05, 0.1) is 11.3 Å². The predicted octanol–water partition coefficient (Wildman–Crippen LogP) is 0.768. The molecule has 0 saturated heterocycles. The van der Waals surface area contributed by atoms with E-state index in [1.54, 1.807) is 7.05 Å². The van der Waals surface area contributed by atoms with E-state index in [2.05, 4.69) is 11.4 Å². The third-order valence-electron chi connectivity index (χ3n) is 1.16. The molecule has 3 nitrogen and oxygen atoms in total. The number of carbonyl (C=O) groups excluding carboxylic acids is 1. The zero-order chi connectivity index (χ0) is 8.69. The number of rotatable bonds is 4. The molecule has 0 radical (unpaired) electrons. The number of nitrogens with zero attached hydrogens (tertiary/aromatic N) is 1. The highest BCUT2D eigenvalue weighted by Crippen LogP contribution is 2.09. The minimum absolute atomic E-state index is 0.0142. The normalized spacial score (nSPS) is 11.7. The van der Waals surface area contributed by atoms with Gasteiger partial charge >= 0.3 is 0 Å². The van der Waals surface area contributed by atoms with Crippen LogP contribution in [0, 0.1) is 11.3 Å². The maximum absolute atomic E-state index is 10.7. The van der Waals surface area contributed by atoms with Crippen LogP contribution in [-0.4, -0.2) is 24.0 Å². The first kappa shape index (κ1) is 10.3. The molecule has 0 aromatic carbocycles. The summed E-state index contributed by atoms with van der Waals surface area (Å²) in [5.41, 5.74) is 0. The zero-order valence-electron chi connectivity index (χ0n) is 6.76. The van der Waals surface area contributed by atoms with Crippen molar-refractivity contribution in [1.29, 1.82) is 5.26 Å². The molecule has 0 aliphatic carbocycles. The molecule has 0 aliphatic heterocycles. The van der Waals surface area contributed by atoms with Gasteiger partial charge < -0.3 is 5.32 Å². The second-order valence-electron chi connectivity index (χ2n) is 2.07. The fourth-order valence-electron chi connectivity index (χ4n) is 0.491. The van der Waals surface area contributed by atoms with E-state index in [9.17, 15) is 4.79 Å². The Hall–Kier alpha value is -0.690. The van der Waals surface area contributed by atoms with Crippen molar-refractivity contribution in [2.24, 2.45) is 0 Å². The van der Waals surface area contributed by atoms with Gasteiger partial charge in [0, 0.05) is 19.2 Å². The summed E-state index contributed by atoms with van der Waals surface area (Å²) in [5, 5.41) is 10.9. The summed E-state index contributed by atoms with van der Waals surface area (Å²) in [6.45, 7) is 1.83. The lowest BCUT2D eigenvalue weighted by atomic mass is 10.5. The summed E-state index contributed by atoms with van der Waals surface area (Å²) in [4.78, 5) is 10.7. The van der Waals surface area contributed by atoms with Gasteiger partial charge in [-0.3, -0.25) is 4.79 Å². The van der Waals surface area contributed by atoms with Crippen molar-refractivity contribution in [3.63, 3.8) is 0 Å². The van der Waals surface area contributed by atoms with Gasteiger partial charge in [-0.25, -0.2) is 0 Å². The Labute approximate surface area is 71.2 Å². The van der Waals surface area contributed by atoms with Gasteiger partial charge in [-0.2, -0.15) is 5.26 Å². The van der Waals surface area contributed by atoms with E-state index in [-0.39, 0.29) is 11.2 Å². The number of carbonyl (C=O) groups is 1. The Kier molecular flexibility index (Phi) is 5.67. The molecule has 0 aromatic rings. The van der Waals surface area contributed by atoms with Gasteiger partial charge in [0.15, 0.2) is 0 Å². The molecule has 0 aliphatic rings. The van der Waals surface area contributed by atoms with Crippen LogP contribution in [0.15, 0.2) is 0 Å². The molecule has 11 heavy (non-hydrogen) atoms. The van der Waals surface area contributed by atoms with Gasteiger partial charge in [-0.05, 0) is 6.92 Å². The van der Waals surface area contributed by atoms with Crippen LogP contribution in [0.2, 0.25) is 0 Å². The van der Waals surface area contributed by atoms with Gasteiger partial charge in [0.1, 0.15) is 0 Å². The Bertz CT molecular complexity index is 164. The SMILES string of the molecule is CNC(=O)CCSC(C)C#N. The van der Waals surface area contributed by atoms with Crippen LogP contribution in [-0.2, 0) is 4.79 Å². The molecule has 0 heterocycles. The average Bonchev–Trinajstić information content (AvgIpc) is 2.04. The summed E-state index contributed by atoms with van der Waals surface area (Å²) >= 11 is 1.50. The largest absolute Gasteiger partial charge is 0.359 e. The average molecular weight is 172 g/mol. The van der Waals surface area contributed by atoms with Crippen molar-refractivity contribution < 1.29 is 4.79 Å². The second-order valence-corrected chi connectivity index (χ2v) is 3.51. The lowest BCUT2D eigenvalue weighted by Crippen LogP contribution is -2.18. The number of amides is 1. The number of thioether (sulfide) groups is 1.